The minimum atomic E-state index is -1.05. The van der Waals surface area contributed by atoms with Gasteiger partial charge in [-0.05, 0) is 12.5 Å². The zero-order valence-electron chi connectivity index (χ0n) is 12.2. The second-order valence-corrected chi connectivity index (χ2v) is 4.78. The number of aromatic nitrogens is 1. The lowest BCUT2D eigenvalue weighted by Crippen LogP contribution is -2.51. The molecule has 2 rings (SSSR count). The summed E-state index contributed by atoms with van der Waals surface area (Å²) in [5, 5.41) is 11.5. The van der Waals surface area contributed by atoms with E-state index in [-0.39, 0.29) is 18.6 Å². The average molecular weight is 310 g/mol. The number of carbonyl (C=O) groups is 2. The van der Waals surface area contributed by atoms with Gasteiger partial charge in [0.05, 0.1) is 31.4 Å². The van der Waals surface area contributed by atoms with Crippen LogP contribution in [-0.4, -0.2) is 61.0 Å². The highest BCUT2D eigenvalue weighted by atomic mass is 16.5. The van der Waals surface area contributed by atoms with Crippen molar-refractivity contribution in [1.82, 2.24) is 10.3 Å². The van der Waals surface area contributed by atoms with Crippen LogP contribution in [0.3, 0.4) is 0 Å². The van der Waals surface area contributed by atoms with Gasteiger partial charge in [0.2, 0.25) is 5.88 Å². The number of methoxy groups -OCH3 is 1. The highest BCUT2D eigenvalue weighted by Crippen LogP contribution is 2.13. The molecule has 1 aliphatic heterocycles. The first-order valence-electron chi connectivity index (χ1n) is 6.82. The van der Waals surface area contributed by atoms with Crippen molar-refractivity contribution in [3.8, 4) is 5.88 Å². The molecule has 1 saturated heterocycles. The van der Waals surface area contributed by atoms with Crippen LogP contribution in [0.4, 0.5) is 0 Å². The second kappa shape index (κ2) is 7.71. The highest BCUT2D eigenvalue weighted by molar-refractivity contribution is 5.94. The fourth-order valence-corrected chi connectivity index (χ4v) is 2.12. The van der Waals surface area contributed by atoms with Crippen molar-refractivity contribution in [3.63, 3.8) is 0 Å². The van der Waals surface area contributed by atoms with E-state index in [0.717, 1.165) is 0 Å². The van der Waals surface area contributed by atoms with Gasteiger partial charge in [-0.3, -0.25) is 4.79 Å². The molecule has 0 bridgehead atoms. The number of pyridine rings is 1. The second-order valence-electron chi connectivity index (χ2n) is 4.78. The van der Waals surface area contributed by atoms with Gasteiger partial charge in [0.25, 0.3) is 5.91 Å². The van der Waals surface area contributed by atoms with Crippen LogP contribution >= 0.6 is 0 Å². The summed E-state index contributed by atoms with van der Waals surface area (Å²) in [5.74, 6) is -0.953. The molecule has 2 atom stereocenters. The van der Waals surface area contributed by atoms with Crippen LogP contribution in [-0.2, 0) is 14.3 Å². The Morgan fingerprint density at radius 1 is 1.50 bits per heavy atom. The number of nitrogens with one attached hydrogen (secondary N) is 1. The Kier molecular flexibility index (Phi) is 5.68. The van der Waals surface area contributed by atoms with Crippen LogP contribution in [0.1, 0.15) is 16.8 Å². The molecule has 120 valence electrons. The number of ether oxygens (including phenoxy) is 3. The molecule has 1 amide bonds. The molecule has 8 heteroatoms. The molecule has 22 heavy (non-hydrogen) atoms. The third-order valence-electron chi connectivity index (χ3n) is 3.24. The van der Waals surface area contributed by atoms with Crippen LogP contribution in [0, 0.1) is 0 Å². The van der Waals surface area contributed by atoms with Crippen LogP contribution < -0.4 is 10.1 Å². The van der Waals surface area contributed by atoms with Gasteiger partial charge in [-0.15, -0.1) is 0 Å². The Morgan fingerprint density at radius 2 is 2.32 bits per heavy atom. The van der Waals surface area contributed by atoms with Gasteiger partial charge < -0.3 is 24.6 Å². The van der Waals surface area contributed by atoms with E-state index < -0.39 is 18.6 Å². The van der Waals surface area contributed by atoms with Gasteiger partial charge in [0, 0.05) is 18.9 Å². The molecule has 0 spiro atoms. The zero-order chi connectivity index (χ0) is 15.9. The molecule has 1 aliphatic rings. The minimum Gasteiger partial charge on any atom is -0.481 e. The molecule has 1 aromatic heterocycles. The topological polar surface area (TPSA) is 107 Å². The van der Waals surface area contributed by atoms with E-state index in [4.69, 9.17) is 19.3 Å². The van der Waals surface area contributed by atoms with E-state index in [1.807, 2.05) is 0 Å². The number of carboxylic acid groups (broad SMARTS) is 1. The SMILES string of the molecule is COc1ccc(C(=O)N[C@@H]2COCC[C@@H]2OCC(=O)O)cn1. The van der Waals surface area contributed by atoms with E-state index in [1.165, 1.54) is 13.3 Å². The van der Waals surface area contributed by atoms with Gasteiger partial charge >= 0.3 is 5.97 Å². The molecule has 0 aromatic carbocycles. The van der Waals surface area contributed by atoms with Crippen molar-refractivity contribution in [2.24, 2.45) is 0 Å². The van der Waals surface area contributed by atoms with Crippen molar-refractivity contribution in [1.29, 1.82) is 0 Å². The largest absolute Gasteiger partial charge is 0.481 e. The quantitative estimate of drug-likeness (QED) is 0.766. The number of nitrogens with zero attached hydrogens (tertiary/aromatic N) is 1. The number of rotatable bonds is 6. The predicted octanol–water partition coefficient (Wildman–Crippen LogP) is 0.0787. The summed E-state index contributed by atoms with van der Waals surface area (Å²) < 4.78 is 15.5. The first-order chi connectivity index (χ1) is 10.6. The van der Waals surface area contributed by atoms with Crippen molar-refractivity contribution >= 4 is 11.9 Å². The maximum absolute atomic E-state index is 12.2. The first-order valence-corrected chi connectivity index (χ1v) is 6.82. The average Bonchev–Trinajstić information content (AvgIpc) is 2.54. The third kappa shape index (κ3) is 4.40. The summed E-state index contributed by atoms with van der Waals surface area (Å²) in [7, 11) is 1.49. The molecule has 1 aromatic rings. The number of hydrogen-bond donors (Lipinski definition) is 2. The van der Waals surface area contributed by atoms with Gasteiger partial charge in [0.1, 0.15) is 6.61 Å². The summed E-state index contributed by atoms with van der Waals surface area (Å²) in [6, 6.07) is 2.78. The molecular formula is C14H18N2O6. The summed E-state index contributed by atoms with van der Waals surface area (Å²) >= 11 is 0. The molecule has 0 radical (unpaired) electrons. The van der Waals surface area contributed by atoms with Crippen molar-refractivity contribution in [2.75, 3.05) is 26.9 Å². The Labute approximate surface area is 127 Å². The molecular weight excluding hydrogens is 292 g/mol. The summed E-state index contributed by atoms with van der Waals surface area (Å²) in [6.07, 6.45) is 1.55. The van der Waals surface area contributed by atoms with E-state index in [2.05, 4.69) is 10.3 Å². The summed E-state index contributed by atoms with van der Waals surface area (Å²) in [5.41, 5.74) is 0.378. The molecule has 1 fully saturated rings. The maximum Gasteiger partial charge on any atom is 0.329 e. The standard InChI is InChI=1S/C14H18N2O6/c1-20-12-3-2-9(6-15-12)14(19)16-10-7-21-5-4-11(10)22-8-13(17)18/h2-3,6,10-11H,4-5,7-8H2,1H3,(H,16,19)(H,17,18)/t10-,11+/m1/s1. The Balaban J connectivity index is 1.96. The lowest BCUT2D eigenvalue weighted by atomic mass is 10.1. The van der Waals surface area contributed by atoms with Crippen molar-refractivity contribution < 1.29 is 28.9 Å². The maximum atomic E-state index is 12.2. The van der Waals surface area contributed by atoms with Gasteiger partial charge in [0.15, 0.2) is 0 Å². The predicted molar refractivity (Wildman–Crippen MR) is 74.9 cm³/mol. The van der Waals surface area contributed by atoms with Crippen molar-refractivity contribution in [2.45, 2.75) is 18.6 Å². The molecule has 0 saturated carbocycles. The smallest absolute Gasteiger partial charge is 0.329 e. The molecule has 0 aliphatic carbocycles. The van der Waals surface area contributed by atoms with Crippen LogP contribution in [0.15, 0.2) is 18.3 Å². The molecule has 2 N–H and O–H groups in total. The van der Waals surface area contributed by atoms with Gasteiger partial charge in [-0.25, -0.2) is 9.78 Å². The van der Waals surface area contributed by atoms with E-state index in [0.29, 0.717) is 24.5 Å². The van der Waals surface area contributed by atoms with Gasteiger partial charge in [-0.2, -0.15) is 0 Å². The van der Waals surface area contributed by atoms with Gasteiger partial charge in [-0.1, -0.05) is 0 Å². The number of carbonyl (C=O) groups excluding carboxylic acids is 1. The van der Waals surface area contributed by atoms with E-state index >= 15 is 0 Å². The van der Waals surface area contributed by atoms with Crippen molar-refractivity contribution in [3.05, 3.63) is 23.9 Å². The van der Waals surface area contributed by atoms with Crippen LogP contribution in [0.25, 0.3) is 0 Å². The summed E-state index contributed by atoms with van der Waals surface area (Å²) in [6.45, 7) is 0.349. The fraction of sp³-hybridized carbons (Fsp3) is 0.500. The number of hydrogen-bond acceptors (Lipinski definition) is 6. The Hall–Kier alpha value is -2.19. The van der Waals surface area contributed by atoms with E-state index in [1.54, 1.807) is 12.1 Å². The Morgan fingerprint density at radius 3 is 2.95 bits per heavy atom. The lowest BCUT2D eigenvalue weighted by molar-refractivity contribution is -0.147. The minimum absolute atomic E-state index is 0.277. The van der Waals surface area contributed by atoms with E-state index in [9.17, 15) is 9.59 Å². The highest BCUT2D eigenvalue weighted by Gasteiger charge is 2.28. The molecule has 2 heterocycles. The molecule has 0 unspecified atom stereocenters. The third-order valence-corrected chi connectivity index (χ3v) is 3.24. The lowest BCUT2D eigenvalue weighted by Gasteiger charge is -2.31. The monoisotopic (exact) mass is 310 g/mol. The first kappa shape index (κ1) is 16.2. The normalized spacial score (nSPS) is 21.1. The zero-order valence-corrected chi connectivity index (χ0v) is 12.2. The van der Waals surface area contributed by atoms with Crippen LogP contribution in [0.5, 0.6) is 5.88 Å². The Bertz CT molecular complexity index is 519. The van der Waals surface area contributed by atoms with Crippen LogP contribution in [0.2, 0.25) is 0 Å². The molecule has 8 nitrogen and oxygen atoms in total. The number of carboxylic acids is 1. The summed E-state index contributed by atoms with van der Waals surface area (Å²) in [4.78, 5) is 26.7. The number of amides is 1. The number of aliphatic carboxylic acids is 1. The fourth-order valence-electron chi connectivity index (χ4n) is 2.12.